The second-order valence-electron chi connectivity index (χ2n) is 5.33. The Labute approximate surface area is 156 Å². The van der Waals surface area contributed by atoms with Crippen LogP contribution in [0, 0.1) is 0 Å². The topological polar surface area (TPSA) is 57.0 Å². The van der Waals surface area contributed by atoms with Gasteiger partial charge in [-0.05, 0) is 36.1 Å². The summed E-state index contributed by atoms with van der Waals surface area (Å²) in [5, 5.41) is 5.58. The highest BCUT2D eigenvalue weighted by Crippen LogP contribution is 2.35. The minimum atomic E-state index is -4.81. The van der Waals surface area contributed by atoms with E-state index in [0.717, 1.165) is 16.6 Å². The minimum Gasteiger partial charge on any atom is -0.462 e. The van der Waals surface area contributed by atoms with Gasteiger partial charge in [-0.15, -0.1) is 11.3 Å². The maximum Gasteiger partial charge on any atom is 0.434 e. The minimum absolute atomic E-state index is 0.0439. The van der Waals surface area contributed by atoms with Crippen LogP contribution in [0.1, 0.15) is 28.5 Å². The molecule has 0 atom stereocenters. The van der Waals surface area contributed by atoms with Gasteiger partial charge in [-0.2, -0.15) is 18.3 Å². The molecule has 0 unspecified atom stereocenters. The van der Waals surface area contributed by atoms with Crippen LogP contribution >= 0.6 is 11.3 Å². The van der Waals surface area contributed by atoms with Crippen molar-refractivity contribution in [3.8, 4) is 16.4 Å². The molecule has 0 bridgehead atoms. The van der Waals surface area contributed by atoms with Crippen molar-refractivity contribution in [3.63, 3.8) is 0 Å². The van der Waals surface area contributed by atoms with Gasteiger partial charge in [-0.25, -0.2) is 14.5 Å². The molecule has 0 aliphatic rings. The quantitative estimate of drug-likeness (QED) is 0.583. The molecule has 0 aromatic carbocycles. The second kappa shape index (κ2) is 7.36. The average molecular weight is 393 g/mol. The fourth-order valence-corrected chi connectivity index (χ4v) is 3.38. The van der Waals surface area contributed by atoms with E-state index >= 15 is 0 Å². The maximum atomic E-state index is 13.6. The van der Waals surface area contributed by atoms with Crippen molar-refractivity contribution in [2.75, 3.05) is 6.61 Å². The highest BCUT2D eigenvalue weighted by molar-refractivity contribution is 7.13. The summed E-state index contributed by atoms with van der Waals surface area (Å²) in [6.45, 7) is 5.19. The molecular weight excluding hydrogens is 379 g/mol. The SMILES string of the molecule is C=Cc1ccsc1-c1cccc(-n2ncc(C(=O)OCC)c2C(F)(F)F)n1. The molecule has 9 heteroatoms. The van der Waals surface area contributed by atoms with Gasteiger partial charge in [0.2, 0.25) is 0 Å². The Hall–Kier alpha value is -2.94. The van der Waals surface area contributed by atoms with Crippen LogP contribution in [0.3, 0.4) is 0 Å². The Morgan fingerprint density at radius 3 is 2.81 bits per heavy atom. The molecule has 3 aromatic rings. The van der Waals surface area contributed by atoms with E-state index in [9.17, 15) is 18.0 Å². The van der Waals surface area contributed by atoms with E-state index < -0.39 is 23.4 Å². The zero-order valence-electron chi connectivity index (χ0n) is 14.2. The molecule has 27 heavy (non-hydrogen) atoms. The zero-order valence-corrected chi connectivity index (χ0v) is 15.0. The van der Waals surface area contributed by atoms with E-state index in [4.69, 9.17) is 4.74 Å². The summed E-state index contributed by atoms with van der Waals surface area (Å²) in [6.07, 6.45) is -2.32. The van der Waals surface area contributed by atoms with Crippen LogP contribution < -0.4 is 0 Å². The van der Waals surface area contributed by atoms with Crippen molar-refractivity contribution in [1.29, 1.82) is 0 Å². The van der Waals surface area contributed by atoms with Gasteiger partial charge in [0.1, 0.15) is 5.56 Å². The number of thiophene rings is 1. The molecule has 0 amide bonds. The fourth-order valence-electron chi connectivity index (χ4n) is 2.51. The van der Waals surface area contributed by atoms with Gasteiger partial charge in [-0.3, -0.25) is 0 Å². The van der Waals surface area contributed by atoms with E-state index in [2.05, 4.69) is 16.7 Å². The Balaban J connectivity index is 2.13. The molecule has 0 spiro atoms. The third-order valence-corrected chi connectivity index (χ3v) is 4.59. The first-order valence-corrected chi connectivity index (χ1v) is 8.74. The number of ether oxygens (including phenoxy) is 1. The number of aromatic nitrogens is 3. The third-order valence-electron chi connectivity index (χ3n) is 3.63. The first-order chi connectivity index (χ1) is 12.9. The summed E-state index contributed by atoms with van der Waals surface area (Å²) < 4.78 is 46.2. The Morgan fingerprint density at radius 1 is 1.37 bits per heavy atom. The lowest BCUT2D eigenvalue weighted by Gasteiger charge is -2.12. The molecule has 0 aliphatic heterocycles. The summed E-state index contributed by atoms with van der Waals surface area (Å²) in [7, 11) is 0. The molecule has 0 radical (unpaired) electrons. The van der Waals surface area contributed by atoms with Crippen molar-refractivity contribution in [1.82, 2.24) is 14.8 Å². The maximum absolute atomic E-state index is 13.6. The van der Waals surface area contributed by atoms with Gasteiger partial charge in [0.05, 0.1) is 23.4 Å². The zero-order chi connectivity index (χ0) is 19.6. The van der Waals surface area contributed by atoms with Crippen molar-refractivity contribution in [3.05, 3.63) is 59.2 Å². The van der Waals surface area contributed by atoms with Gasteiger partial charge in [-0.1, -0.05) is 18.7 Å². The summed E-state index contributed by atoms with van der Waals surface area (Å²) in [5.74, 6) is -1.14. The number of halogens is 3. The normalized spacial score (nSPS) is 11.4. The lowest BCUT2D eigenvalue weighted by Crippen LogP contribution is -2.19. The number of esters is 1. The highest BCUT2D eigenvalue weighted by atomic mass is 32.1. The standard InChI is InChI=1S/C18H14F3N3O2S/c1-3-11-8-9-27-15(11)13-6-5-7-14(23-13)24-16(18(19,20)21)12(10-22-24)17(25)26-4-2/h3,5-10H,1,4H2,2H3. The third kappa shape index (κ3) is 3.63. The predicted octanol–water partition coefficient (Wildman–Crippen LogP) is 4.83. The number of rotatable bonds is 5. The van der Waals surface area contributed by atoms with E-state index in [1.54, 1.807) is 18.2 Å². The molecule has 3 aromatic heterocycles. The summed E-state index contributed by atoms with van der Waals surface area (Å²) >= 11 is 1.40. The number of alkyl halides is 3. The summed E-state index contributed by atoms with van der Waals surface area (Å²) in [6, 6.07) is 6.50. The largest absolute Gasteiger partial charge is 0.462 e. The number of hydrogen-bond donors (Lipinski definition) is 0. The number of carbonyl (C=O) groups is 1. The van der Waals surface area contributed by atoms with Crippen molar-refractivity contribution >= 4 is 23.4 Å². The smallest absolute Gasteiger partial charge is 0.434 e. The van der Waals surface area contributed by atoms with Crippen LogP contribution in [0.5, 0.6) is 0 Å². The van der Waals surface area contributed by atoms with Crippen LogP contribution in [0.15, 0.2) is 42.4 Å². The predicted molar refractivity (Wildman–Crippen MR) is 95.7 cm³/mol. The Bertz CT molecular complexity index is 992. The molecule has 0 N–H and O–H groups in total. The number of hydrogen-bond acceptors (Lipinski definition) is 5. The van der Waals surface area contributed by atoms with Gasteiger partial charge >= 0.3 is 12.1 Å². The molecule has 140 valence electrons. The molecule has 0 saturated carbocycles. The molecule has 0 aliphatic carbocycles. The molecule has 0 fully saturated rings. The molecule has 3 heterocycles. The van der Waals surface area contributed by atoms with E-state index in [0.29, 0.717) is 10.4 Å². The van der Waals surface area contributed by atoms with Crippen LogP contribution in [0.4, 0.5) is 13.2 Å². The van der Waals surface area contributed by atoms with Crippen LogP contribution in [0.25, 0.3) is 22.5 Å². The molecular formula is C18H14F3N3O2S. The van der Waals surface area contributed by atoms with E-state index in [1.807, 2.05) is 11.4 Å². The second-order valence-corrected chi connectivity index (χ2v) is 6.24. The molecule has 5 nitrogen and oxygen atoms in total. The van der Waals surface area contributed by atoms with E-state index in [1.165, 1.54) is 24.3 Å². The first kappa shape index (κ1) is 18.8. The van der Waals surface area contributed by atoms with Crippen LogP contribution in [-0.4, -0.2) is 27.3 Å². The fraction of sp³-hybridized carbons (Fsp3) is 0.167. The van der Waals surface area contributed by atoms with Gasteiger partial charge < -0.3 is 4.74 Å². The number of pyridine rings is 1. The first-order valence-electron chi connectivity index (χ1n) is 7.87. The van der Waals surface area contributed by atoms with Crippen LogP contribution in [-0.2, 0) is 10.9 Å². The van der Waals surface area contributed by atoms with Crippen molar-refractivity contribution < 1.29 is 22.7 Å². The van der Waals surface area contributed by atoms with Gasteiger partial charge in [0, 0.05) is 0 Å². The number of nitrogens with zero attached hydrogens (tertiary/aromatic N) is 3. The van der Waals surface area contributed by atoms with E-state index in [-0.39, 0.29) is 12.4 Å². The summed E-state index contributed by atoms with van der Waals surface area (Å²) in [4.78, 5) is 17.0. The average Bonchev–Trinajstić information content (AvgIpc) is 3.28. The summed E-state index contributed by atoms with van der Waals surface area (Å²) in [5.41, 5.74) is -0.563. The van der Waals surface area contributed by atoms with Gasteiger partial charge in [0.25, 0.3) is 0 Å². The number of carbonyl (C=O) groups excluding carboxylic acids is 1. The molecule has 3 rings (SSSR count). The Morgan fingerprint density at radius 2 is 2.15 bits per heavy atom. The monoisotopic (exact) mass is 393 g/mol. The van der Waals surface area contributed by atoms with Gasteiger partial charge in [0.15, 0.2) is 11.5 Å². The lowest BCUT2D eigenvalue weighted by atomic mass is 10.2. The molecule has 0 saturated heterocycles. The highest BCUT2D eigenvalue weighted by Gasteiger charge is 2.41. The van der Waals surface area contributed by atoms with Crippen LogP contribution in [0.2, 0.25) is 0 Å². The lowest BCUT2D eigenvalue weighted by molar-refractivity contribution is -0.143. The van der Waals surface area contributed by atoms with Crippen molar-refractivity contribution in [2.24, 2.45) is 0 Å². The van der Waals surface area contributed by atoms with Crippen molar-refractivity contribution in [2.45, 2.75) is 13.1 Å². The Kier molecular flexibility index (Phi) is 5.13.